The molecule has 0 radical (unpaired) electrons. The lowest BCUT2D eigenvalue weighted by molar-refractivity contribution is -0.000197. The Kier molecular flexibility index (Phi) is 5.70. The first-order valence-corrected chi connectivity index (χ1v) is 12.3. The van der Waals surface area contributed by atoms with E-state index in [-0.39, 0.29) is 28.9 Å². The zero-order valence-corrected chi connectivity index (χ0v) is 20.4. The third-order valence-electron chi connectivity index (χ3n) is 7.45. The van der Waals surface area contributed by atoms with Gasteiger partial charge in [-0.2, -0.15) is 0 Å². The summed E-state index contributed by atoms with van der Waals surface area (Å²) < 4.78 is 41.0. The Bertz CT molecular complexity index is 1090. The molecule has 3 fully saturated rings. The molecule has 2 saturated carbocycles. The van der Waals surface area contributed by atoms with E-state index in [9.17, 15) is 9.18 Å². The molecule has 2 bridgehead atoms. The normalized spacial score (nSPS) is 26.6. The van der Waals surface area contributed by atoms with Gasteiger partial charge >= 0.3 is 5.97 Å². The Morgan fingerprint density at radius 3 is 2.47 bits per heavy atom. The van der Waals surface area contributed by atoms with Crippen molar-refractivity contribution in [3.63, 3.8) is 0 Å². The van der Waals surface area contributed by atoms with Crippen LogP contribution in [0.3, 0.4) is 0 Å². The predicted octanol–water partition coefficient (Wildman–Crippen LogP) is 6.19. The number of rotatable bonds is 6. The maximum atomic E-state index is 15.2. The van der Waals surface area contributed by atoms with E-state index in [1.807, 2.05) is 12.1 Å². The summed E-state index contributed by atoms with van der Waals surface area (Å²) in [4.78, 5) is 15.1. The van der Waals surface area contributed by atoms with Gasteiger partial charge in [0.25, 0.3) is 0 Å². The van der Waals surface area contributed by atoms with E-state index in [0.29, 0.717) is 11.7 Å². The maximum Gasteiger partial charge on any atom is 0.341 e. The molecule has 0 spiro atoms. The number of halogens is 2. The Labute approximate surface area is 200 Å². The highest BCUT2D eigenvalue weighted by molar-refractivity contribution is 5.90. The summed E-state index contributed by atoms with van der Waals surface area (Å²) in [5, 5.41) is 0. The summed E-state index contributed by atoms with van der Waals surface area (Å²) >= 11 is 0. The van der Waals surface area contributed by atoms with Crippen LogP contribution < -0.4 is 4.74 Å². The van der Waals surface area contributed by atoms with E-state index in [1.165, 1.54) is 18.2 Å². The summed E-state index contributed by atoms with van der Waals surface area (Å²) in [5.41, 5.74) is 0.809. The first-order valence-electron chi connectivity index (χ1n) is 12.3. The van der Waals surface area contributed by atoms with Gasteiger partial charge in [0.2, 0.25) is 0 Å². The molecule has 1 saturated heterocycles. The number of hydrogen-bond acceptors (Lipinski definition) is 4. The van der Waals surface area contributed by atoms with Gasteiger partial charge in [0, 0.05) is 12.6 Å². The van der Waals surface area contributed by atoms with E-state index in [1.54, 1.807) is 26.8 Å². The lowest BCUT2D eigenvalue weighted by Gasteiger charge is -2.44. The van der Waals surface area contributed by atoms with Gasteiger partial charge in [0.1, 0.15) is 29.1 Å². The summed E-state index contributed by atoms with van der Waals surface area (Å²) in [6, 6.07) is 9.72. The van der Waals surface area contributed by atoms with Crippen molar-refractivity contribution in [1.29, 1.82) is 0 Å². The van der Waals surface area contributed by atoms with Gasteiger partial charge in [-0.05, 0) is 94.2 Å². The summed E-state index contributed by atoms with van der Waals surface area (Å²) in [6.07, 6.45) is 3.61. The zero-order chi connectivity index (χ0) is 24.3. The van der Waals surface area contributed by atoms with E-state index in [0.717, 1.165) is 49.9 Å². The van der Waals surface area contributed by atoms with Gasteiger partial charge in [-0.15, -0.1) is 0 Å². The van der Waals surface area contributed by atoms with Gasteiger partial charge in [0.05, 0.1) is 11.1 Å². The van der Waals surface area contributed by atoms with Crippen molar-refractivity contribution in [3.05, 3.63) is 64.7 Å². The Morgan fingerprint density at radius 2 is 1.85 bits per heavy atom. The number of hydrogen-bond donors (Lipinski definition) is 0. The molecular weight excluding hydrogens is 436 g/mol. The van der Waals surface area contributed by atoms with E-state index in [4.69, 9.17) is 9.47 Å². The molecule has 2 aliphatic carbocycles. The van der Waals surface area contributed by atoms with Crippen molar-refractivity contribution >= 4 is 5.97 Å². The average Bonchev–Trinajstić information content (AvgIpc) is 3.45. The monoisotopic (exact) mass is 469 g/mol. The van der Waals surface area contributed by atoms with Crippen LogP contribution in [-0.2, 0) is 10.3 Å². The molecule has 4 nitrogen and oxygen atoms in total. The fourth-order valence-corrected chi connectivity index (χ4v) is 5.91. The van der Waals surface area contributed by atoms with E-state index >= 15 is 4.39 Å². The molecule has 0 N–H and O–H groups in total. The average molecular weight is 470 g/mol. The van der Waals surface area contributed by atoms with Crippen molar-refractivity contribution in [2.75, 3.05) is 13.1 Å². The van der Waals surface area contributed by atoms with Gasteiger partial charge in [-0.3, -0.25) is 4.90 Å². The fourth-order valence-electron chi connectivity index (χ4n) is 5.91. The van der Waals surface area contributed by atoms with E-state index < -0.39 is 17.4 Å². The quantitative estimate of drug-likeness (QED) is 0.473. The first-order chi connectivity index (χ1) is 16.1. The van der Waals surface area contributed by atoms with Gasteiger partial charge in [0.15, 0.2) is 0 Å². The first kappa shape index (κ1) is 23.3. The third kappa shape index (κ3) is 4.10. The molecule has 3 atom stereocenters. The minimum atomic E-state index is -0.702. The molecule has 2 aromatic rings. The van der Waals surface area contributed by atoms with Crippen LogP contribution in [0.4, 0.5) is 8.78 Å². The van der Waals surface area contributed by atoms with Crippen LogP contribution in [0.25, 0.3) is 0 Å². The highest BCUT2D eigenvalue weighted by atomic mass is 19.1. The number of piperidine rings is 1. The standard InChI is InChI=1S/C28H33F2NO3/c1-5-31-16-17-12-25(28(31,15-17)19-8-10-20(29)11-9-19)33-24-14-23(30)22(13-21(24)18-6-7-18)26(32)34-27(2,3)4/h8-11,13-14,17-18,25H,5-7,12,15-16H2,1-4H3/t17-,25-,28-/m1/s1. The Hall–Kier alpha value is -2.47. The zero-order valence-electron chi connectivity index (χ0n) is 20.4. The molecular formula is C28H33F2NO3. The van der Waals surface area contributed by atoms with Crippen LogP contribution >= 0.6 is 0 Å². The van der Waals surface area contributed by atoms with Crippen molar-refractivity contribution in [2.45, 2.75) is 76.5 Å². The molecule has 5 rings (SSSR count). The highest BCUT2D eigenvalue weighted by Crippen LogP contribution is 2.55. The molecule has 34 heavy (non-hydrogen) atoms. The maximum absolute atomic E-state index is 15.2. The van der Waals surface area contributed by atoms with Crippen LogP contribution in [0, 0.1) is 17.6 Å². The number of ether oxygens (including phenoxy) is 2. The van der Waals surface area contributed by atoms with Crippen molar-refractivity contribution < 1.29 is 23.0 Å². The molecule has 1 aliphatic heterocycles. The summed E-state index contributed by atoms with van der Waals surface area (Å²) in [7, 11) is 0. The number of fused-ring (bicyclic) bond motifs is 2. The van der Waals surface area contributed by atoms with Crippen LogP contribution in [0.5, 0.6) is 5.75 Å². The van der Waals surface area contributed by atoms with Gasteiger partial charge < -0.3 is 9.47 Å². The number of carbonyl (C=O) groups is 1. The Morgan fingerprint density at radius 1 is 1.15 bits per heavy atom. The number of nitrogens with zero attached hydrogens (tertiary/aromatic N) is 1. The molecule has 3 aliphatic rings. The topological polar surface area (TPSA) is 38.8 Å². The molecule has 182 valence electrons. The molecule has 6 heteroatoms. The number of benzene rings is 2. The molecule has 2 aromatic carbocycles. The minimum Gasteiger partial charge on any atom is -0.488 e. The lowest BCUT2D eigenvalue weighted by atomic mass is 9.85. The smallest absolute Gasteiger partial charge is 0.341 e. The minimum absolute atomic E-state index is 0.0412. The van der Waals surface area contributed by atoms with Crippen molar-refractivity contribution in [1.82, 2.24) is 4.90 Å². The number of likely N-dealkylation sites (tertiary alicyclic amines) is 1. The van der Waals surface area contributed by atoms with Gasteiger partial charge in [-0.1, -0.05) is 19.1 Å². The fraction of sp³-hybridized carbons (Fsp3) is 0.536. The van der Waals surface area contributed by atoms with E-state index in [2.05, 4.69) is 11.8 Å². The molecule has 0 amide bonds. The van der Waals surface area contributed by atoms with Crippen LogP contribution in [0.1, 0.15) is 80.8 Å². The second-order valence-corrected chi connectivity index (χ2v) is 11.0. The van der Waals surface area contributed by atoms with Crippen molar-refractivity contribution in [2.24, 2.45) is 5.92 Å². The van der Waals surface area contributed by atoms with Crippen LogP contribution in [0.15, 0.2) is 36.4 Å². The summed E-state index contributed by atoms with van der Waals surface area (Å²) in [5.74, 6) is -0.283. The Balaban J connectivity index is 1.50. The van der Waals surface area contributed by atoms with Crippen LogP contribution in [-0.4, -0.2) is 35.7 Å². The second-order valence-electron chi connectivity index (χ2n) is 11.0. The molecule has 0 unspecified atom stereocenters. The van der Waals surface area contributed by atoms with Gasteiger partial charge in [-0.25, -0.2) is 13.6 Å². The second kappa shape index (κ2) is 8.33. The predicted molar refractivity (Wildman–Crippen MR) is 126 cm³/mol. The largest absolute Gasteiger partial charge is 0.488 e. The van der Waals surface area contributed by atoms with Crippen LogP contribution in [0.2, 0.25) is 0 Å². The summed E-state index contributed by atoms with van der Waals surface area (Å²) in [6.45, 7) is 9.28. The highest BCUT2D eigenvalue weighted by Gasteiger charge is 2.59. The third-order valence-corrected chi connectivity index (χ3v) is 7.45. The lowest BCUT2D eigenvalue weighted by Crippen LogP contribution is -2.53. The number of esters is 1. The number of likely N-dealkylation sites (N-methyl/N-ethyl adjacent to an activating group) is 1. The SMILES string of the molecule is CCN1C[C@@H]2C[C@@H](Oc3cc(F)c(C(=O)OC(C)(C)C)cc3C3CC3)[C@]1(c1ccc(F)cc1)C2. The molecule has 0 aromatic heterocycles. The molecule has 1 heterocycles. The van der Waals surface area contributed by atoms with Crippen molar-refractivity contribution in [3.8, 4) is 5.75 Å². The number of carbonyl (C=O) groups excluding carboxylic acids is 1.